The summed E-state index contributed by atoms with van der Waals surface area (Å²) in [7, 11) is 4.11. The molecule has 0 aromatic heterocycles. The maximum Gasteiger partial charge on any atom is 0.119 e. The normalized spacial score (nSPS) is 9.94. The molecule has 0 aliphatic rings. The molecule has 0 saturated heterocycles. The van der Waals surface area contributed by atoms with Gasteiger partial charge in [0.1, 0.15) is 5.75 Å². The lowest BCUT2D eigenvalue weighted by Gasteiger charge is -2.10. The number of hydrogen-bond acceptors (Lipinski definition) is 4. The van der Waals surface area contributed by atoms with Gasteiger partial charge in [0, 0.05) is 6.54 Å². The van der Waals surface area contributed by atoms with Gasteiger partial charge in [-0.15, -0.1) is 0 Å². The van der Waals surface area contributed by atoms with Gasteiger partial charge in [-0.05, 0) is 57.0 Å². The Morgan fingerprint density at radius 2 is 2.00 bits per heavy atom. The Bertz CT molecular complexity index is 356. The molecule has 4 heteroatoms. The summed E-state index contributed by atoms with van der Waals surface area (Å²) in [6.45, 7) is 1.77. The average Bonchev–Trinajstić information content (AvgIpc) is 2.27. The number of hydrogen-bond donors (Lipinski definition) is 0. The topological polar surface area (TPSA) is 24.8 Å². The molecule has 0 aliphatic heterocycles. The summed E-state index contributed by atoms with van der Waals surface area (Å²) in [5.74, 6) is 0.863. The molecule has 0 N–H and O–H groups in total. The first-order valence-corrected chi connectivity index (χ1v) is 5.58. The fraction of sp³-hybridized carbons (Fsp3) is 0.417. The molecule has 0 spiro atoms. The Kier molecular flexibility index (Phi) is 5.72. The van der Waals surface area contributed by atoms with Crippen LogP contribution in [0.15, 0.2) is 29.3 Å². The summed E-state index contributed by atoms with van der Waals surface area (Å²) >= 11 is 4.52. The number of aliphatic imine (C=N–C) groups is 1. The fourth-order valence-corrected chi connectivity index (χ4v) is 1.35. The number of ether oxygens (including phenoxy) is 1. The highest BCUT2D eigenvalue weighted by molar-refractivity contribution is 7.78. The van der Waals surface area contributed by atoms with Gasteiger partial charge in [0.15, 0.2) is 0 Å². The van der Waals surface area contributed by atoms with Crippen molar-refractivity contribution in [2.75, 3.05) is 27.2 Å². The third kappa shape index (κ3) is 5.03. The molecule has 1 rings (SSSR count). The zero-order chi connectivity index (χ0) is 11.8. The van der Waals surface area contributed by atoms with Crippen molar-refractivity contribution in [3.05, 3.63) is 24.3 Å². The molecule has 0 radical (unpaired) electrons. The maximum absolute atomic E-state index is 5.57. The molecule has 1 aromatic rings. The van der Waals surface area contributed by atoms with E-state index in [0.29, 0.717) is 0 Å². The van der Waals surface area contributed by atoms with Gasteiger partial charge in [-0.2, -0.15) is 4.99 Å². The Hall–Kier alpha value is -1.22. The molecule has 0 amide bonds. The van der Waals surface area contributed by atoms with Gasteiger partial charge in [0.25, 0.3) is 0 Å². The molecular weight excluding hydrogens is 220 g/mol. The largest absolute Gasteiger partial charge is 0.494 e. The van der Waals surface area contributed by atoms with E-state index in [0.717, 1.165) is 31.0 Å². The lowest BCUT2D eigenvalue weighted by molar-refractivity contribution is 0.281. The quantitative estimate of drug-likeness (QED) is 0.431. The SMILES string of the molecule is CN(C)CCCOc1ccc(N=C=S)cc1. The molecule has 1 aromatic carbocycles. The van der Waals surface area contributed by atoms with Gasteiger partial charge in [0.2, 0.25) is 0 Å². The minimum absolute atomic E-state index is 0.730. The first kappa shape index (κ1) is 12.8. The van der Waals surface area contributed by atoms with Crippen LogP contribution in [0.2, 0.25) is 0 Å². The second kappa shape index (κ2) is 7.12. The van der Waals surface area contributed by atoms with Crippen LogP contribution in [0.4, 0.5) is 5.69 Å². The number of thiocarbonyl (C=S) groups is 1. The average molecular weight is 236 g/mol. The van der Waals surface area contributed by atoms with E-state index < -0.39 is 0 Å². The van der Waals surface area contributed by atoms with E-state index in [4.69, 9.17) is 4.74 Å². The van der Waals surface area contributed by atoms with E-state index in [-0.39, 0.29) is 0 Å². The van der Waals surface area contributed by atoms with Crippen molar-refractivity contribution in [2.45, 2.75) is 6.42 Å². The fourth-order valence-electron chi connectivity index (χ4n) is 1.24. The summed E-state index contributed by atoms with van der Waals surface area (Å²) in [4.78, 5) is 6.01. The van der Waals surface area contributed by atoms with Gasteiger partial charge >= 0.3 is 0 Å². The highest BCUT2D eigenvalue weighted by Crippen LogP contribution is 2.17. The highest BCUT2D eigenvalue weighted by atomic mass is 32.1. The van der Waals surface area contributed by atoms with Crippen molar-refractivity contribution < 1.29 is 4.74 Å². The van der Waals surface area contributed by atoms with E-state index >= 15 is 0 Å². The molecular formula is C12H16N2OS. The molecule has 86 valence electrons. The number of benzene rings is 1. The molecule has 0 unspecified atom stereocenters. The van der Waals surface area contributed by atoms with Crippen LogP contribution in [-0.2, 0) is 0 Å². The first-order valence-electron chi connectivity index (χ1n) is 5.18. The lowest BCUT2D eigenvalue weighted by atomic mass is 10.3. The molecule has 0 bridgehead atoms. The van der Waals surface area contributed by atoms with Crippen molar-refractivity contribution in [1.29, 1.82) is 0 Å². The molecule has 16 heavy (non-hydrogen) atoms. The predicted octanol–water partition coefficient (Wildman–Crippen LogP) is 2.75. The van der Waals surface area contributed by atoms with Crippen molar-refractivity contribution in [3.63, 3.8) is 0 Å². The molecule has 3 nitrogen and oxygen atoms in total. The third-order valence-corrected chi connectivity index (χ3v) is 2.12. The molecule has 0 atom stereocenters. The van der Waals surface area contributed by atoms with Gasteiger partial charge in [-0.3, -0.25) is 0 Å². The van der Waals surface area contributed by atoms with E-state index in [1.165, 1.54) is 0 Å². The maximum atomic E-state index is 5.57. The van der Waals surface area contributed by atoms with Crippen LogP contribution in [0.25, 0.3) is 0 Å². The van der Waals surface area contributed by atoms with Crippen LogP contribution in [0, 0.1) is 0 Å². The molecule has 0 heterocycles. The highest BCUT2D eigenvalue weighted by Gasteiger charge is 1.95. The van der Waals surface area contributed by atoms with Crippen molar-refractivity contribution in [3.8, 4) is 5.75 Å². The van der Waals surface area contributed by atoms with Crippen molar-refractivity contribution in [1.82, 2.24) is 4.90 Å². The van der Waals surface area contributed by atoms with E-state index in [1.807, 2.05) is 24.3 Å². The van der Waals surface area contributed by atoms with Crippen LogP contribution >= 0.6 is 12.2 Å². The van der Waals surface area contributed by atoms with E-state index in [2.05, 4.69) is 41.4 Å². The van der Waals surface area contributed by atoms with Crippen molar-refractivity contribution >= 4 is 23.1 Å². The monoisotopic (exact) mass is 236 g/mol. The Morgan fingerprint density at radius 1 is 1.31 bits per heavy atom. The zero-order valence-electron chi connectivity index (χ0n) is 9.64. The van der Waals surface area contributed by atoms with Crippen LogP contribution in [0.1, 0.15) is 6.42 Å². The summed E-state index contributed by atoms with van der Waals surface area (Å²) in [6.07, 6.45) is 1.02. The van der Waals surface area contributed by atoms with E-state index in [9.17, 15) is 0 Å². The minimum atomic E-state index is 0.730. The van der Waals surface area contributed by atoms with Gasteiger partial charge in [0.05, 0.1) is 17.5 Å². The van der Waals surface area contributed by atoms with E-state index in [1.54, 1.807) is 0 Å². The Morgan fingerprint density at radius 3 is 2.56 bits per heavy atom. The summed E-state index contributed by atoms with van der Waals surface area (Å²) < 4.78 is 5.57. The standard InChI is InChI=1S/C12H16N2OS/c1-14(2)8-3-9-15-12-6-4-11(5-7-12)13-10-16/h4-7H,3,8-9H2,1-2H3. The summed E-state index contributed by atoms with van der Waals surface area (Å²) in [5, 5.41) is 2.33. The van der Waals surface area contributed by atoms with Gasteiger partial charge in [-0.25, -0.2) is 0 Å². The van der Waals surface area contributed by atoms with Crippen LogP contribution < -0.4 is 4.74 Å². The third-order valence-electron chi connectivity index (χ3n) is 2.03. The second-order valence-electron chi connectivity index (χ2n) is 3.70. The summed E-state index contributed by atoms with van der Waals surface area (Å²) in [5.41, 5.74) is 0.802. The zero-order valence-corrected chi connectivity index (χ0v) is 10.5. The molecule has 0 fully saturated rings. The number of nitrogens with zero attached hydrogens (tertiary/aromatic N) is 2. The van der Waals surface area contributed by atoms with Crippen LogP contribution in [-0.4, -0.2) is 37.3 Å². The second-order valence-corrected chi connectivity index (χ2v) is 3.88. The Labute approximate surface area is 102 Å². The first-order chi connectivity index (χ1) is 7.72. The van der Waals surface area contributed by atoms with Crippen molar-refractivity contribution in [2.24, 2.45) is 4.99 Å². The van der Waals surface area contributed by atoms with Crippen LogP contribution in [0.3, 0.4) is 0 Å². The van der Waals surface area contributed by atoms with Gasteiger partial charge in [-0.1, -0.05) is 0 Å². The molecule has 0 saturated carbocycles. The lowest BCUT2D eigenvalue weighted by Crippen LogP contribution is -2.15. The smallest absolute Gasteiger partial charge is 0.119 e. The minimum Gasteiger partial charge on any atom is -0.494 e. The number of rotatable bonds is 6. The molecule has 0 aliphatic carbocycles. The summed E-state index contributed by atoms with van der Waals surface area (Å²) in [6, 6.07) is 7.50. The number of isothiocyanates is 1. The predicted molar refractivity (Wildman–Crippen MR) is 69.8 cm³/mol. The van der Waals surface area contributed by atoms with Gasteiger partial charge < -0.3 is 9.64 Å². The van der Waals surface area contributed by atoms with Crippen LogP contribution in [0.5, 0.6) is 5.75 Å². The Balaban J connectivity index is 2.34.